The second-order valence-electron chi connectivity index (χ2n) is 3.54. The smallest absolute Gasteiger partial charge is 0.357 e. The zero-order valence-electron chi connectivity index (χ0n) is 11.0. The Morgan fingerprint density at radius 1 is 1.25 bits per heavy atom. The van der Waals surface area contributed by atoms with Gasteiger partial charge in [-0.3, -0.25) is 4.57 Å². The molecule has 0 aliphatic carbocycles. The van der Waals surface area contributed by atoms with Crippen molar-refractivity contribution in [3.63, 3.8) is 0 Å². The number of hydrogen-bond donors (Lipinski definition) is 0. The minimum atomic E-state index is -3.17. The van der Waals surface area contributed by atoms with Crippen LogP contribution in [0.25, 0.3) is 0 Å². The summed E-state index contributed by atoms with van der Waals surface area (Å²) in [6, 6.07) is 0.790. The van der Waals surface area contributed by atoms with Gasteiger partial charge in [0, 0.05) is 20.8 Å². The molecule has 0 fully saturated rings. The first kappa shape index (κ1) is 16.3. The molecule has 2 atom stereocenters. The lowest BCUT2D eigenvalue weighted by Crippen LogP contribution is -2.41. The third kappa shape index (κ3) is 4.28. The summed E-state index contributed by atoms with van der Waals surface area (Å²) in [7, 11) is -2.72. The molecule has 0 spiro atoms. The SMILES string of the molecule is CCO[Si](C)(CC)OC(C)P(=O)(OC)OC. The third-order valence-electron chi connectivity index (χ3n) is 2.47. The zero-order chi connectivity index (χ0) is 12.8. The molecular weight excluding hydrogens is 247 g/mol. The molecule has 0 N–H and O–H groups in total. The van der Waals surface area contributed by atoms with Gasteiger partial charge in [0.05, 0.1) is 0 Å². The molecule has 16 heavy (non-hydrogen) atoms. The van der Waals surface area contributed by atoms with E-state index in [2.05, 4.69) is 0 Å². The van der Waals surface area contributed by atoms with Crippen molar-refractivity contribution in [2.45, 2.75) is 39.2 Å². The highest BCUT2D eigenvalue weighted by molar-refractivity contribution is 7.54. The molecule has 0 aromatic rings. The van der Waals surface area contributed by atoms with Crippen molar-refractivity contribution in [2.24, 2.45) is 0 Å². The topological polar surface area (TPSA) is 54.0 Å². The second-order valence-corrected chi connectivity index (χ2v) is 9.58. The highest BCUT2D eigenvalue weighted by atomic mass is 31.2. The molecule has 98 valence electrons. The van der Waals surface area contributed by atoms with Crippen molar-refractivity contribution < 1.29 is 22.5 Å². The quantitative estimate of drug-likeness (QED) is 0.501. The van der Waals surface area contributed by atoms with Gasteiger partial charge >= 0.3 is 16.2 Å². The summed E-state index contributed by atoms with van der Waals surface area (Å²) in [5.74, 6) is -0.606. The highest BCUT2D eigenvalue weighted by Gasteiger charge is 2.39. The summed E-state index contributed by atoms with van der Waals surface area (Å²) in [6.45, 7) is 8.14. The molecule has 0 radical (unpaired) electrons. The highest BCUT2D eigenvalue weighted by Crippen LogP contribution is 2.52. The molecule has 5 nitrogen and oxygen atoms in total. The molecule has 0 aromatic carbocycles. The van der Waals surface area contributed by atoms with Gasteiger partial charge in [-0.1, -0.05) is 6.92 Å². The lowest BCUT2D eigenvalue weighted by Gasteiger charge is -2.31. The van der Waals surface area contributed by atoms with Crippen LogP contribution in [0.1, 0.15) is 20.8 Å². The average Bonchev–Trinajstić information content (AvgIpc) is 2.28. The fraction of sp³-hybridized carbons (Fsp3) is 1.00. The Morgan fingerprint density at radius 2 is 1.75 bits per heavy atom. The average molecular weight is 270 g/mol. The van der Waals surface area contributed by atoms with E-state index in [1.807, 2.05) is 20.4 Å². The first-order chi connectivity index (χ1) is 7.37. The molecule has 0 amide bonds. The maximum absolute atomic E-state index is 12.0. The molecule has 2 unspecified atom stereocenters. The lowest BCUT2D eigenvalue weighted by molar-refractivity contribution is 0.140. The summed E-state index contributed by atoms with van der Waals surface area (Å²) in [4.78, 5) is 0. The van der Waals surface area contributed by atoms with Crippen molar-refractivity contribution in [1.82, 2.24) is 0 Å². The molecule has 0 rings (SSSR count). The van der Waals surface area contributed by atoms with E-state index < -0.39 is 22.0 Å². The van der Waals surface area contributed by atoms with Gasteiger partial charge in [-0.05, 0) is 26.4 Å². The third-order valence-corrected chi connectivity index (χ3v) is 7.71. The van der Waals surface area contributed by atoms with Crippen LogP contribution in [-0.4, -0.2) is 35.2 Å². The van der Waals surface area contributed by atoms with Crippen molar-refractivity contribution in [1.29, 1.82) is 0 Å². The second kappa shape index (κ2) is 6.89. The van der Waals surface area contributed by atoms with Gasteiger partial charge in [0.15, 0.2) is 0 Å². The molecule has 0 saturated carbocycles. The Bertz CT molecular complexity index is 242. The Kier molecular flexibility index (Phi) is 7.01. The first-order valence-corrected chi connectivity index (χ1v) is 9.54. The van der Waals surface area contributed by atoms with Crippen LogP contribution in [0.4, 0.5) is 0 Å². The summed E-state index contributed by atoms with van der Waals surface area (Å²) in [5, 5.41) is 0. The minimum absolute atomic E-state index is 0.591. The van der Waals surface area contributed by atoms with E-state index in [9.17, 15) is 4.57 Å². The van der Waals surface area contributed by atoms with Crippen molar-refractivity contribution in [2.75, 3.05) is 20.8 Å². The van der Waals surface area contributed by atoms with Crippen LogP contribution >= 0.6 is 7.60 Å². The van der Waals surface area contributed by atoms with Gasteiger partial charge in [-0.25, -0.2) is 0 Å². The molecule has 0 aliphatic heterocycles. The maximum Gasteiger partial charge on any atom is 0.357 e. The largest absolute Gasteiger partial charge is 0.395 e. The van der Waals surface area contributed by atoms with Gasteiger partial charge in [-0.15, -0.1) is 0 Å². The van der Waals surface area contributed by atoms with Crippen LogP contribution in [-0.2, 0) is 22.5 Å². The van der Waals surface area contributed by atoms with Crippen LogP contribution in [0.5, 0.6) is 0 Å². The van der Waals surface area contributed by atoms with E-state index in [1.165, 1.54) is 14.2 Å². The van der Waals surface area contributed by atoms with Crippen LogP contribution in [0, 0.1) is 0 Å². The molecule has 0 heterocycles. The fourth-order valence-corrected chi connectivity index (χ4v) is 5.02. The molecular formula is C9H23O5PSi. The number of rotatable bonds is 8. The van der Waals surface area contributed by atoms with Crippen molar-refractivity contribution in [3.8, 4) is 0 Å². The van der Waals surface area contributed by atoms with Crippen LogP contribution in [0.15, 0.2) is 0 Å². The fourth-order valence-electron chi connectivity index (χ4n) is 1.32. The first-order valence-electron chi connectivity index (χ1n) is 5.40. The predicted molar refractivity (Wildman–Crippen MR) is 65.9 cm³/mol. The van der Waals surface area contributed by atoms with E-state index in [0.29, 0.717) is 6.61 Å². The van der Waals surface area contributed by atoms with Gasteiger partial charge < -0.3 is 17.9 Å². The minimum Gasteiger partial charge on any atom is -0.395 e. The van der Waals surface area contributed by atoms with Gasteiger partial charge in [0.25, 0.3) is 0 Å². The Morgan fingerprint density at radius 3 is 2.06 bits per heavy atom. The van der Waals surface area contributed by atoms with E-state index in [0.717, 1.165) is 6.04 Å². The molecule has 0 bridgehead atoms. The Balaban J connectivity index is 4.63. The van der Waals surface area contributed by atoms with E-state index in [-0.39, 0.29) is 0 Å². The van der Waals surface area contributed by atoms with E-state index in [4.69, 9.17) is 17.9 Å². The summed E-state index contributed by atoms with van der Waals surface area (Å²) >= 11 is 0. The summed E-state index contributed by atoms with van der Waals surface area (Å²) in [5.41, 5.74) is 0. The van der Waals surface area contributed by atoms with Crippen LogP contribution < -0.4 is 0 Å². The van der Waals surface area contributed by atoms with Gasteiger partial charge in [0.2, 0.25) is 0 Å². The lowest BCUT2D eigenvalue weighted by atomic mass is 10.9. The zero-order valence-corrected chi connectivity index (χ0v) is 12.9. The molecule has 7 heteroatoms. The summed E-state index contributed by atoms with van der Waals surface area (Å²) < 4.78 is 33.2. The van der Waals surface area contributed by atoms with E-state index in [1.54, 1.807) is 6.92 Å². The van der Waals surface area contributed by atoms with E-state index >= 15 is 0 Å². The van der Waals surface area contributed by atoms with Crippen LogP contribution in [0.3, 0.4) is 0 Å². The standard InChI is InChI=1S/C9H23O5PSi/c1-7-13-16(6,8-2)14-9(3)15(10,11-4)12-5/h9H,7-8H2,1-6H3. The Hall–Kier alpha value is 0.287. The predicted octanol–water partition coefficient (Wildman–Crippen LogP) is 2.96. The van der Waals surface area contributed by atoms with Gasteiger partial charge in [0.1, 0.15) is 5.85 Å². The molecule has 0 aromatic heterocycles. The van der Waals surface area contributed by atoms with Gasteiger partial charge in [-0.2, -0.15) is 0 Å². The molecule has 0 saturated heterocycles. The summed E-state index contributed by atoms with van der Waals surface area (Å²) in [6.07, 6.45) is 0. The van der Waals surface area contributed by atoms with Crippen molar-refractivity contribution in [3.05, 3.63) is 0 Å². The Labute approximate surface area is 99.2 Å². The monoisotopic (exact) mass is 270 g/mol. The normalized spacial score (nSPS) is 18.1. The van der Waals surface area contributed by atoms with Crippen molar-refractivity contribution >= 4 is 16.2 Å². The maximum atomic E-state index is 12.0. The number of hydrogen-bond acceptors (Lipinski definition) is 5. The molecule has 0 aliphatic rings. The van der Waals surface area contributed by atoms with Crippen LogP contribution in [0.2, 0.25) is 12.6 Å².